The van der Waals surface area contributed by atoms with Gasteiger partial charge in [-0.15, -0.1) is 0 Å². The Morgan fingerprint density at radius 2 is 1.94 bits per heavy atom. The van der Waals surface area contributed by atoms with E-state index in [2.05, 4.69) is 15.3 Å². The summed E-state index contributed by atoms with van der Waals surface area (Å²) in [7, 11) is 0. The second-order valence-electron chi connectivity index (χ2n) is 8.97. The van der Waals surface area contributed by atoms with Gasteiger partial charge < -0.3 is 20.3 Å². The van der Waals surface area contributed by atoms with Crippen LogP contribution >= 0.6 is 0 Å². The molecule has 4 rings (SSSR count). The number of aromatic carboxylic acids is 1. The monoisotopic (exact) mass is 452 g/mol. The molecule has 3 aromatic rings. The van der Waals surface area contributed by atoms with Crippen LogP contribution in [0.4, 0.5) is 0 Å². The van der Waals surface area contributed by atoms with Crippen LogP contribution in [0.5, 0.6) is 5.88 Å². The Hall–Kier alpha value is -3.95. The number of carboxylic acids is 1. The smallest absolute Gasteiger partial charge is 0.353 e. The van der Waals surface area contributed by atoms with Crippen molar-refractivity contribution in [3.8, 4) is 5.88 Å². The Labute approximate surface area is 189 Å². The van der Waals surface area contributed by atoms with Gasteiger partial charge in [-0.1, -0.05) is 6.07 Å². The largest absolute Gasteiger partial charge is 0.492 e. The van der Waals surface area contributed by atoms with Gasteiger partial charge in [-0.2, -0.15) is 4.98 Å². The van der Waals surface area contributed by atoms with E-state index < -0.39 is 29.3 Å². The molecule has 10 nitrogen and oxygen atoms in total. The maximum absolute atomic E-state index is 12.9. The van der Waals surface area contributed by atoms with Crippen LogP contribution in [-0.2, 0) is 11.2 Å². The number of carboxylic acid groups (broad SMARTS) is 1. The van der Waals surface area contributed by atoms with Gasteiger partial charge in [0.1, 0.15) is 17.0 Å². The molecule has 3 N–H and O–H groups in total. The molecule has 172 valence electrons. The van der Waals surface area contributed by atoms with Gasteiger partial charge in [0.05, 0.1) is 17.8 Å². The number of amides is 1. The van der Waals surface area contributed by atoms with Crippen LogP contribution in [0, 0.1) is 6.92 Å². The number of carbonyl (C=O) groups is 3. The van der Waals surface area contributed by atoms with E-state index in [-0.39, 0.29) is 23.2 Å². The molecule has 33 heavy (non-hydrogen) atoms. The molecule has 0 saturated carbocycles. The summed E-state index contributed by atoms with van der Waals surface area (Å²) in [6, 6.07) is 4.33. The summed E-state index contributed by atoms with van der Waals surface area (Å²) in [6.45, 7) is 7.29. The summed E-state index contributed by atoms with van der Waals surface area (Å²) in [4.78, 5) is 44.9. The minimum absolute atomic E-state index is 0.0952. The number of ether oxygens (including phenoxy) is 1. The SMILES string of the molecule is Cc1c(C(=O)OC(C)(C)C)ccc2c1CC[C@@H]2NC(=O)c1cc(C(=O)O)n2cc(O)nc2n1. The zero-order chi connectivity index (χ0) is 24.1. The van der Waals surface area contributed by atoms with Crippen LogP contribution in [0.15, 0.2) is 24.4 Å². The molecule has 0 fully saturated rings. The van der Waals surface area contributed by atoms with Crippen LogP contribution in [0.2, 0.25) is 0 Å². The minimum Gasteiger partial charge on any atom is -0.492 e. The summed E-state index contributed by atoms with van der Waals surface area (Å²) in [5, 5.41) is 21.9. The summed E-state index contributed by atoms with van der Waals surface area (Å²) in [5.41, 5.74) is 2.21. The maximum Gasteiger partial charge on any atom is 0.353 e. The van der Waals surface area contributed by atoms with Gasteiger partial charge >= 0.3 is 11.9 Å². The molecule has 0 spiro atoms. The molecule has 1 atom stereocenters. The lowest BCUT2D eigenvalue weighted by molar-refractivity contribution is 0.00682. The van der Waals surface area contributed by atoms with Crippen molar-refractivity contribution in [3.05, 3.63) is 58.0 Å². The molecular weight excluding hydrogens is 428 g/mol. The van der Waals surface area contributed by atoms with Crippen molar-refractivity contribution in [2.75, 3.05) is 0 Å². The third kappa shape index (κ3) is 4.23. The number of benzene rings is 1. The fourth-order valence-corrected chi connectivity index (χ4v) is 4.05. The van der Waals surface area contributed by atoms with E-state index in [9.17, 15) is 24.6 Å². The highest BCUT2D eigenvalue weighted by Gasteiger charge is 2.29. The topological polar surface area (TPSA) is 143 Å². The van der Waals surface area contributed by atoms with Crippen LogP contribution in [0.1, 0.15) is 81.3 Å². The number of fused-ring (bicyclic) bond motifs is 2. The molecular formula is C23H24N4O6. The quantitative estimate of drug-likeness (QED) is 0.513. The van der Waals surface area contributed by atoms with E-state index in [1.807, 2.05) is 33.8 Å². The van der Waals surface area contributed by atoms with Crippen molar-refractivity contribution in [2.24, 2.45) is 0 Å². The Morgan fingerprint density at radius 1 is 1.21 bits per heavy atom. The molecule has 1 aromatic carbocycles. The van der Waals surface area contributed by atoms with E-state index in [0.717, 1.165) is 33.4 Å². The van der Waals surface area contributed by atoms with E-state index in [1.165, 1.54) is 0 Å². The first-order valence-corrected chi connectivity index (χ1v) is 10.4. The highest BCUT2D eigenvalue weighted by Crippen LogP contribution is 2.35. The van der Waals surface area contributed by atoms with Gasteiger partial charge in [0.15, 0.2) is 0 Å². The molecule has 0 aliphatic heterocycles. The van der Waals surface area contributed by atoms with Crippen LogP contribution in [-0.4, -0.2) is 48.0 Å². The van der Waals surface area contributed by atoms with E-state index >= 15 is 0 Å². The molecule has 10 heteroatoms. The number of nitrogens with zero attached hydrogens (tertiary/aromatic N) is 3. The lowest BCUT2D eigenvalue weighted by Gasteiger charge is -2.21. The van der Waals surface area contributed by atoms with Crippen molar-refractivity contribution >= 4 is 23.6 Å². The Bertz CT molecular complexity index is 1300. The van der Waals surface area contributed by atoms with Gasteiger partial charge in [0, 0.05) is 6.07 Å². The number of aromatic nitrogens is 3. The molecule has 1 aliphatic carbocycles. The molecule has 1 amide bonds. The normalized spacial score (nSPS) is 15.3. The lowest BCUT2D eigenvalue weighted by Crippen LogP contribution is -2.29. The maximum atomic E-state index is 12.9. The molecule has 2 aromatic heterocycles. The van der Waals surface area contributed by atoms with Gasteiger partial charge in [-0.25, -0.2) is 14.6 Å². The van der Waals surface area contributed by atoms with Gasteiger partial charge in [0.2, 0.25) is 11.7 Å². The summed E-state index contributed by atoms with van der Waals surface area (Å²) in [6.07, 6.45) is 2.41. The summed E-state index contributed by atoms with van der Waals surface area (Å²) < 4.78 is 6.59. The Morgan fingerprint density at radius 3 is 2.61 bits per heavy atom. The highest BCUT2D eigenvalue weighted by atomic mass is 16.6. The number of aromatic hydroxyl groups is 1. The Balaban J connectivity index is 1.60. The Kier molecular flexibility index (Phi) is 5.31. The molecule has 0 bridgehead atoms. The van der Waals surface area contributed by atoms with Crippen LogP contribution in [0.25, 0.3) is 5.78 Å². The van der Waals surface area contributed by atoms with E-state index in [4.69, 9.17) is 4.74 Å². The average Bonchev–Trinajstić information content (AvgIpc) is 3.28. The predicted octanol–water partition coefficient (Wildman–Crippen LogP) is 2.81. The summed E-state index contributed by atoms with van der Waals surface area (Å²) >= 11 is 0. The van der Waals surface area contributed by atoms with E-state index in [0.29, 0.717) is 18.4 Å². The molecule has 1 aliphatic rings. The summed E-state index contributed by atoms with van der Waals surface area (Å²) in [5.74, 6) is -2.73. The number of nitrogens with one attached hydrogen (secondary N) is 1. The molecule has 0 unspecified atom stereocenters. The van der Waals surface area contributed by atoms with Crippen molar-refractivity contribution in [3.63, 3.8) is 0 Å². The number of hydrogen-bond acceptors (Lipinski definition) is 7. The number of esters is 1. The minimum atomic E-state index is -1.29. The van der Waals surface area contributed by atoms with Crippen molar-refractivity contribution in [2.45, 2.75) is 52.2 Å². The number of hydrogen-bond donors (Lipinski definition) is 3. The van der Waals surface area contributed by atoms with Gasteiger partial charge in [-0.05, 0) is 63.3 Å². The highest BCUT2D eigenvalue weighted by molar-refractivity contribution is 5.96. The lowest BCUT2D eigenvalue weighted by atomic mass is 9.97. The van der Waals surface area contributed by atoms with Crippen LogP contribution in [0.3, 0.4) is 0 Å². The van der Waals surface area contributed by atoms with Gasteiger partial charge in [0.25, 0.3) is 5.91 Å². The molecule has 0 saturated heterocycles. The average molecular weight is 452 g/mol. The van der Waals surface area contributed by atoms with Crippen molar-refractivity contribution < 1.29 is 29.3 Å². The first-order chi connectivity index (χ1) is 15.4. The fraction of sp³-hybridized carbons (Fsp3) is 0.348. The standard InChI is InChI=1S/C23H24N4O6/c1-11-12-7-8-15(14(12)6-5-13(11)21(32)33-23(2,3)4)24-19(29)16-9-17(20(30)31)27-10-18(28)26-22(27)25-16/h5-6,9-10,15,28H,7-8H2,1-4H3,(H,24,29)(H,30,31)/t15-/m0/s1. The zero-order valence-electron chi connectivity index (χ0n) is 18.7. The van der Waals surface area contributed by atoms with E-state index in [1.54, 1.807) is 6.07 Å². The van der Waals surface area contributed by atoms with Crippen LogP contribution < -0.4 is 5.32 Å². The zero-order valence-corrected chi connectivity index (χ0v) is 18.7. The number of imidazole rings is 1. The number of rotatable bonds is 4. The fourth-order valence-electron chi connectivity index (χ4n) is 4.05. The first-order valence-electron chi connectivity index (χ1n) is 10.4. The number of carbonyl (C=O) groups excluding carboxylic acids is 2. The second kappa shape index (κ2) is 7.88. The molecule has 2 heterocycles. The first kappa shape index (κ1) is 22.3. The van der Waals surface area contributed by atoms with Crippen molar-refractivity contribution in [1.29, 1.82) is 0 Å². The third-order valence-corrected chi connectivity index (χ3v) is 5.50. The second-order valence-corrected chi connectivity index (χ2v) is 8.97. The van der Waals surface area contributed by atoms with Crippen molar-refractivity contribution in [1.82, 2.24) is 19.7 Å². The van der Waals surface area contributed by atoms with Gasteiger partial charge in [-0.3, -0.25) is 9.20 Å². The third-order valence-electron chi connectivity index (χ3n) is 5.50. The molecule has 0 radical (unpaired) electrons. The predicted molar refractivity (Wildman–Crippen MR) is 116 cm³/mol.